The van der Waals surface area contributed by atoms with Crippen LogP contribution in [-0.2, 0) is 17.3 Å². The van der Waals surface area contributed by atoms with Gasteiger partial charge in [-0.25, -0.2) is 13.5 Å². The fourth-order valence-corrected chi connectivity index (χ4v) is 7.18. The fourth-order valence-electron chi connectivity index (χ4n) is 7.18. The lowest BCUT2D eigenvalue weighted by Crippen LogP contribution is -2.44. The molecule has 1 saturated heterocycles. The number of likely N-dealkylation sites (tertiary alicyclic amines) is 1. The highest BCUT2D eigenvalue weighted by Crippen LogP contribution is 2.55. The van der Waals surface area contributed by atoms with E-state index in [1.807, 2.05) is 47.4 Å². The Kier molecular flexibility index (Phi) is 5.10. The number of fused-ring (bicyclic) bond motifs is 3. The maximum atomic E-state index is 14.2. The van der Waals surface area contributed by atoms with E-state index < -0.39 is 11.8 Å². The summed E-state index contributed by atoms with van der Waals surface area (Å²) in [5.74, 6) is -2.63. The van der Waals surface area contributed by atoms with Gasteiger partial charge in [-0.2, -0.15) is 5.10 Å². The van der Waals surface area contributed by atoms with Gasteiger partial charge in [-0.05, 0) is 67.1 Å². The van der Waals surface area contributed by atoms with Gasteiger partial charge in [-0.15, -0.1) is 0 Å². The Morgan fingerprint density at radius 3 is 2.41 bits per heavy atom. The maximum Gasteiger partial charge on any atom is 0.277 e. The summed E-state index contributed by atoms with van der Waals surface area (Å²) in [5.41, 5.74) is 10.2. The van der Waals surface area contributed by atoms with Crippen LogP contribution in [0.25, 0.3) is 5.69 Å². The number of nitrogens with two attached hydrogens (primary N) is 1. The molecule has 2 aromatic carbocycles. The third-order valence-electron chi connectivity index (χ3n) is 9.75. The first kappa shape index (κ1) is 25.0. The van der Waals surface area contributed by atoms with Gasteiger partial charge in [0.15, 0.2) is 5.69 Å². The van der Waals surface area contributed by atoms with E-state index in [2.05, 4.69) is 5.10 Å². The number of anilines is 1. The van der Waals surface area contributed by atoms with Crippen LogP contribution in [0.1, 0.15) is 69.8 Å². The molecule has 5 aliphatic rings. The third-order valence-corrected chi connectivity index (χ3v) is 9.75. The predicted octanol–water partition coefficient (Wildman–Crippen LogP) is 3.97. The molecule has 3 fully saturated rings. The Morgan fingerprint density at radius 2 is 1.76 bits per heavy atom. The van der Waals surface area contributed by atoms with Crippen LogP contribution < -0.4 is 15.4 Å². The minimum atomic E-state index is -2.60. The summed E-state index contributed by atoms with van der Waals surface area (Å²) in [6.45, 7) is 1.96. The van der Waals surface area contributed by atoms with Gasteiger partial charge in [0, 0.05) is 54.6 Å². The average Bonchev–Trinajstić information content (AvgIpc) is 3.74. The van der Waals surface area contributed by atoms with Crippen LogP contribution in [0.15, 0.2) is 42.5 Å². The zero-order valence-electron chi connectivity index (χ0n) is 22.7. The average molecular weight is 560 g/mol. The van der Waals surface area contributed by atoms with Crippen molar-refractivity contribution in [2.45, 2.75) is 55.3 Å². The second-order valence-electron chi connectivity index (χ2n) is 12.6. The fraction of sp³-hybridized carbons (Fsp3) is 0.452. The molecular weight excluding hydrogens is 528 g/mol. The zero-order chi connectivity index (χ0) is 28.1. The van der Waals surface area contributed by atoms with Crippen molar-refractivity contribution >= 4 is 17.5 Å². The molecule has 212 valence electrons. The zero-order valence-corrected chi connectivity index (χ0v) is 22.7. The first-order valence-corrected chi connectivity index (χ1v) is 14.4. The summed E-state index contributed by atoms with van der Waals surface area (Å²) in [6, 6.07) is 13.7. The Hall–Kier alpha value is -3.79. The quantitative estimate of drug-likeness (QED) is 0.494. The maximum absolute atomic E-state index is 14.2. The standard InChI is InChI=1S/C31H31F2N5O3/c32-31(33)12-13-36(18-31)16-29(8-9-29)20-1-3-21(4-2-20)37-17-30(10-11-30)24-25(27(34)39)35-38(26(24)28(37)40)22-5-6-23-19(15-22)7-14-41-23/h1-6,15H,7-14,16-18H2,(H2,34,39). The first-order valence-electron chi connectivity index (χ1n) is 14.4. The van der Waals surface area contributed by atoms with Crippen LogP contribution in [0.5, 0.6) is 5.75 Å². The van der Waals surface area contributed by atoms with Crippen molar-refractivity contribution in [2.75, 3.05) is 37.7 Å². The van der Waals surface area contributed by atoms with Gasteiger partial charge in [0.25, 0.3) is 17.7 Å². The van der Waals surface area contributed by atoms with Crippen LogP contribution in [0.3, 0.4) is 0 Å². The summed E-state index contributed by atoms with van der Waals surface area (Å²) < 4.78 is 34.8. The number of halogens is 2. The van der Waals surface area contributed by atoms with Crippen LogP contribution in [0.4, 0.5) is 14.5 Å². The van der Waals surface area contributed by atoms with Crippen molar-refractivity contribution in [3.05, 3.63) is 70.5 Å². The number of rotatable bonds is 6. The smallest absolute Gasteiger partial charge is 0.277 e. The number of carbonyl (C=O) groups excluding carboxylic acids is 2. The van der Waals surface area contributed by atoms with Gasteiger partial charge in [-0.1, -0.05) is 12.1 Å². The Bertz CT molecular complexity index is 1610. The van der Waals surface area contributed by atoms with Crippen LogP contribution in [0, 0.1) is 0 Å². The summed E-state index contributed by atoms with van der Waals surface area (Å²) in [6.07, 6.45) is 4.34. The Morgan fingerprint density at radius 1 is 1.00 bits per heavy atom. The normalized spacial score (nSPS) is 22.9. The highest BCUT2D eigenvalue weighted by atomic mass is 19.3. The molecule has 1 spiro atoms. The predicted molar refractivity (Wildman–Crippen MR) is 147 cm³/mol. The molecule has 0 unspecified atom stereocenters. The number of primary amides is 1. The van der Waals surface area contributed by atoms with Crippen molar-refractivity contribution in [2.24, 2.45) is 5.73 Å². The molecule has 2 N–H and O–H groups in total. The number of alkyl halides is 2. The molecule has 0 bridgehead atoms. The molecule has 0 atom stereocenters. The molecular formula is C31H31F2N5O3. The van der Waals surface area contributed by atoms with E-state index in [9.17, 15) is 18.4 Å². The number of hydrogen-bond donors (Lipinski definition) is 1. The van der Waals surface area contributed by atoms with E-state index in [4.69, 9.17) is 10.5 Å². The van der Waals surface area contributed by atoms with Gasteiger partial charge in [0.1, 0.15) is 11.4 Å². The second kappa shape index (κ2) is 8.38. The lowest BCUT2D eigenvalue weighted by Gasteiger charge is -2.34. The molecule has 2 amide bonds. The molecule has 41 heavy (non-hydrogen) atoms. The summed E-state index contributed by atoms with van der Waals surface area (Å²) >= 11 is 0. The molecule has 0 radical (unpaired) electrons. The van der Waals surface area contributed by atoms with Crippen molar-refractivity contribution in [1.29, 1.82) is 0 Å². The van der Waals surface area contributed by atoms with E-state index in [0.717, 1.165) is 54.7 Å². The van der Waals surface area contributed by atoms with Crippen LogP contribution >= 0.6 is 0 Å². The molecule has 3 aromatic rings. The van der Waals surface area contributed by atoms with Crippen LogP contribution in [0.2, 0.25) is 0 Å². The second-order valence-corrected chi connectivity index (χ2v) is 12.6. The van der Waals surface area contributed by atoms with Gasteiger partial charge in [-0.3, -0.25) is 14.5 Å². The summed E-state index contributed by atoms with van der Waals surface area (Å²) in [4.78, 5) is 30.4. The van der Waals surface area contributed by atoms with Crippen molar-refractivity contribution in [1.82, 2.24) is 14.7 Å². The van der Waals surface area contributed by atoms with Crippen molar-refractivity contribution in [3.8, 4) is 11.4 Å². The van der Waals surface area contributed by atoms with Crippen LogP contribution in [-0.4, -0.2) is 65.2 Å². The molecule has 2 aliphatic carbocycles. The molecule has 10 heteroatoms. The minimum absolute atomic E-state index is 0.0733. The van der Waals surface area contributed by atoms with Crippen molar-refractivity contribution in [3.63, 3.8) is 0 Å². The minimum Gasteiger partial charge on any atom is -0.493 e. The van der Waals surface area contributed by atoms with Gasteiger partial charge >= 0.3 is 0 Å². The number of ether oxygens (including phenoxy) is 1. The topological polar surface area (TPSA) is 93.7 Å². The largest absolute Gasteiger partial charge is 0.493 e. The summed E-state index contributed by atoms with van der Waals surface area (Å²) in [5, 5.41) is 4.61. The van der Waals surface area contributed by atoms with E-state index >= 15 is 0 Å². The lowest BCUT2D eigenvalue weighted by atomic mass is 9.87. The first-order chi connectivity index (χ1) is 19.7. The van der Waals surface area contributed by atoms with E-state index in [-0.39, 0.29) is 35.4 Å². The van der Waals surface area contributed by atoms with Gasteiger partial charge in [0.2, 0.25) is 0 Å². The Labute approximate surface area is 236 Å². The van der Waals surface area contributed by atoms with E-state index in [1.54, 1.807) is 9.58 Å². The molecule has 4 heterocycles. The third kappa shape index (κ3) is 3.90. The number of nitrogens with zero attached hydrogens (tertiary/aromatic N) is 4. The molecule has 3 aliphatic heterocycles. The monoisotopic (exact) mass is 559 g/mol. The lowest BCUT2D eigenvalue weighted by molar-refractivity contribution is 0.0114. The highest BCUT2D eigenvalue weighted by Gasteiger charge is 2.56. The number of amides is 2. The molecule has 2 saturated carbocycles. The van der Waals surface area contributed by atoms with Gasteiger partial charge < -0.3 is 15.4 Å². The molecule has 8 nitrogen and oxygen atoms in total. The highest BCUT2D eigenvalue weighted by molar-refractivity contribution is 6.10. The number of benzene rings is 2. The number of carbonyl (C=O) groups is 2. The number of hydrogen-bond acceptors (Lipinski definition) is 5. The van der Waals surface area contributed by atoms with Gasteiger partial charge in [0.05, 0.1) is 18.8 Å². The SMILES string of the molecule is NC(=O)c1nn(-c2ccc3c(c2)CCO3)c2c1C1(CC1)CN(c1ccc(C3(CN4CCC(F)(F)C4)CC3)cc1)C2=O. The number of aromatic nitrogens is 2. The van der Waals surface area contributed by atoms with E-state index in [0.29, 0.717) is 43.2 Å². The van der Waals surface area contributed by atoms with E-state index in [1.165, 1.54) is 0 Å². The molecule has 1 aromatic heterocycles. The summed E-state index contributed by atoms with van der Waals surface area (Å²) in [7, 11) is 0. The molecule has 8 rings (SSSR count). The Balaban J connectivity index is 1.13. The van der Waals surface area contributed by atoms with Crippen molar-refractivity contribution < 1.29 is 23.1 Å².